The SMILES string of the molecule is [C-]#[N+]c1ccc(-c2nc(C(=O)N3CCC[C@H](NC)C3)c(C)n2-c2ccc3nn(C)cc3c2)cc1F. The molecule has 0 radical (unpaired) electrons. The van der Waals surface area contributed by atoms with Gasteiger partial charge in [0.15, 0.2) is 0 Å². The van der Waals surface area contributed by atoms with Crippen molar-refractivity contribution >= 4 is 22.5 Å². The molecule has 0 saturated carbocycles. The van der Waals surface area contributed by atoms with Crippen LogP contribution in [0.2, 0.25) is 0 Å². The first kappa shape index (κ1) is 22.7. The largest absolute Gasteiger partial charge is 0.336 e. The number of benzene rings is 2. The minimum atomic E-state index is -0.617. The topological polar surface area (TPSA) is 72.3 Å². The third-order valence-corrected chi connectivity index (χ3v) is 6.61. The Labute approximate surface area is 202 Å². The second-order valence-electron chi connectivity index (χ2n) is 8.91. The third-order valence-electron chi connectivity index (χ3n) is 6.61. The van der Waals surface area contributed by atoms with Gasteiger partial charge in [-0.15, -0.1) is 0 Å². The first-order valence-corrected chi connectivity index (χ1v) is 11.6. The van der Waals surface area contributed by atoms with Gasteiger partial charge in [-0.25, -0.2) is 14.2 Å². The molecule has 2 aromatic carbocycles. The predicted octanol–water partition coefficient (Wildman–Crippen LogP) is 4.25. The Hall–Kier alpha value is -4.03. The summed E-state index contributed by atoms with van der Waals surface area (Å²) in [6.07, 6.45) is 3.87. The van der Waals surface area contributed by atoms with Crippen molar-refractivity contribution in [2.24, 2.45) is 7.05 Å². The number of likely N-dealkylation sites (tertiary alicyclic amines) is 1. The highest BCUT2D eigenvalue weighted by atomic mass is 19.1. The van der Waals surface area contributed by atoms with Crippen LogP contribution in [-0.2, 0) is 7.05 Å². The fourth-order valence-electron chi connectivity index (χ4n) is 4.77. The van der Waals surface area contributed by atoms with E-state index < -0.39 is 5.82 Å². The summed E-state index contributed by atoms with van der Waals surface area (Å²) in [5, 5.41) is 8.65. The van der Waals surface area contributed by atoms with Gasteiger partial charge in [0.1, 0.15) is 17.3 Å². The van der Waals surface area contributed by atoms with Gasteiger partial charge in [0.25, 0.3) is 5.91 Å². The molecule has 5 rings (SSSR count). The number of carbonyl (C=O) groups excluding carboxylic acids is 1. The molecule has 2 aromatic heterocycles. The van der Waals surface area contributed by atoms with Gasteiger partial charge in [-0.1, -0.05) is 12.1 Å². The summed E-state index contributed by atoms with van der Waals surface area (Å²) < 4.78 is 18.2. The summed E-state index contributed by atoms with van der Waals surface area (Å²) in [4.78, 5) is 23.4. The van der Waals surface area contributed by atoms with Gasteiger partial charge in [-0.2, -0.15) is 5.10 Å². The zero-order chi connectivity index (χ0) is 24.7. The molecule has 0 unspecified atom stereocenters. The van der Waals surface area contributed by atoms with Crippen LogP contribution in [0.1, 0.15) is 29.0 Å². The van der Waals surface area contributed by atoms with Crippen LogP contribution in [0.5, 0.6) is 0 Å². The Morgan fingerprint density at radius 1 is 1.26 bits per heavy atom. The smallest absolute Gasteiger partial charge is 0.274 e. The number of imidazole rings is 1. The maximum atomic E-state index is 14.6. The number of likely N-dealkylation sites (N-methyl/N-ethyl adjacent to an activating group) is 1. The number of nitrogens with zero attached hydrogens (tertiary/aromatic N) is 6. The summed E-state index contributed by atoms with van der Waals surface area (Å²) in [5.74, 6) is -0.303. The van der Waals surface area contributed by atoms with Crippen molar-refractivity contribution in [3.63, 3.8) is 0 Å². The van der Waals surface area contributed by atoms with Crippen LogP contribution < -0.4 is 5.32 Å². The molecule has 3 heterocycles. The minimum absolute atomic E-state index is 0.0527. The number of aromatic nitrogens is 4. The summed E-state index contributed by atoms with van der Waals surface area (Å²) in [5.41, 5.74) is 3.11. The minimum Gasteiger partial charge on any atom is -0.336 e. The second-order valence-corrected chi connectivity index (χ2v) is 8.91. The lowest BCUT2D eigenvalue weighted by Gasteiger charge is -2.32. The second kappa shape index (κ2) is 8.96. The van der Waals surface area contributed by atoms with E-state index in [1.54, 1.807) is 10.7 Å². The maximum Gasteiger partial charge on any atom is 0.274 e. The van der Waals surface area contributed by atoms with Crippen molar-refractivity contribution in [2.45, 2.75) is 25.8 Å². The van der Waals surface area contributed by atoms with Gasteiger partial charge in [0.05, 0.1) is 17.8 Å². The van der Waals surface area contributed by atoms with Gasteiger partial charge in [-0.05, 0) is 51.1 Å². The molecule has 1 fully saturated rings. The number of hydrogen-bond acceptors (Lipinski definition) is 4. The van der Waals surface area contributed by atoms with Crippen molar-refractivity contribution in [3.05, 3.63) is 71.2 Å². The molecule has 9 heteroatoms. The number of hydrogen-bond donors (Lipinski definition) is 1. The van der Waals surface area contributed by atoms with Gasteiger partial charge in [0, 0.05) is 49.0 Å². The molecule has 35 heavy (non-hydrogen) atoms. The molecule has 0 bridgehead atoms. The number of carbonyl (C=O) groups is 1. The first-order valence-electron chi connectivity index (χ1n) is 11.6. The Bertz CT molecular complexity index is 1480. The average molecular weight is 472 g/mol. The number of aryl methyl sites for hydroxylation is 1. The van der Waals surface area contributed by atoms with E-state index in [0.717, 1.165) is 29.4 Å². The lowest BCUT2D eigenvalue weighted by atomic mass is 10.1. The number of nitrogens with one attached hydrogen (secondary N) is 1. The molecule has 178 valence electrons. The predicted molar refractivity (Wildman–Crippen MR) is 132 cm³/mol. The maximum absolute atomic E-state index is 14.6. The molecule has 1 saturated heterocycles. The van der Waals surface area contributed by atoms with Crippen LogP contribution in [-0.4, -0.2) is 56.3 Å². The quantitative estimate of drug-likeness (QED) is 0.452. The lowest BCUT2D eigenvalue weighted by Crippen LogP contribution is -2.47. The Morgan fingerprint density at radius 3 is 2.83 bits per heavy atom. The van der Waals surface area contributed by atoms with Gasteiger partial charge in [0.2, 0.25) is 5.69 Å². The van der Waals surface area contributed by atoms with Crippen LogP contribution in [0.25, 0.3) is 32.8 Å². The first-order chi connectivity index (χ1) is 16.9. The fourth-order valence-corrected chi connectivity index (χ4v) is 4.77. The van der Waals surface area contributed by atoms with Crippen LogP contribution in [0.15, 0.2) is 42.6 Å². The standard InChI is InChI=1S/C26H26FN7O/c1-16-24(26(35)33-11-5-6-19(15-33)28-2)30-25(17-7-9-23(29-3)21(27)13-17)34(16)20-8-10-22-18(12-20)14-32(4)31-22/h7-10,12-14,19,28H,5-6,11,15H2,1-2,4H3/t19-/m0/s1. The molecule has 1 aliphatic heterocycles. The Balaban J connectivity index is 1.66. The number of rotatable bonds is 4. The van der Waals surface area contributed by atoms with E-state index in [1.807, 2.05) is 54.9 Å². The lowest BCUT2D eigenvalue weighted by molar-refractivity contribution is 0.0692. The van der Waals surface area contributed by atoms with Crippen LogP contribution >= 0.6 is 0 Å². The number of fused-ring (bicyclic) bond motifs is 1. The summed E-state index contributed by atoms with van der Waals surface area (Å²) in [6, 6.07) is 10.5. The monoisotopic (exact) mass is 471 g/mol. The van der Waals surface area contributed by atoms with Gasteiger partial charge in [-0.3, -0.25) is 14.0 Å². The number of piperidine rings is 1. The van der Waals surface area contributed by atoms with Crippen LogP contribution in [0.4, 0.5) is 10.1 Å². The van der Waals surface area contributed by atoms with E-state index in [0.29, 0.717) is 35.9 Å². The van der Waals surface area contributed by atoms with Gasteiger partial charge >= 0.3 is 0 Å². The van der Waals surface area contributed by atoms with E-state index in [2.05, 4.69) is 15.3 Å². The molecule has 1 atom stereocenters. The average Bonchev–Trinajstić information content (AvgIpc) is 3.41. The van der Waals surface area contributed by atoms with E-state index in [4.69, 9.17) is 11.6 Å². The molecule has 1 N–H and O–H groups in total. The summed E-state index contributed by atoms with van der Waals surface area (Å²) >= 11 is 0. The van der Waals surface area contributed by atoms with E-state index >= 15 is 0 Å². The fraction of sp³-hybridized carbons (Fsp3) is 0.308. The number of amides is 1. The Kier molecular flexibility index (Phi) is 5.83. The molecular weight excluding hydrogens is 445 g/mol. The normalized spacial score (nSPS) is 16.0. The third kappa shape index (κ3) is 4.06. The van der Waals surface area contributed by atoms with Crippen LogP contribution in [0, 0.1) is 19.3 Å². The summed E-state index contributed by atoms with van der Waals surface area (Å²) in [6.45, 7) is 10.3. The summed E-state index contributed by atoms with van der Waals surface area (Å²) in [7, 11) is 3.77. The van der Waals surface area contributed by atoms with Gasteiger partial charge < -0.3 is 10.2 Å². The molecule has 0 aliphatic carbocycles. The van der Waals surface area contributed by atoms with Crippen molar-refractivity contribution < 1.29 is 9.18 Å². The highest BCUT2D eigenvalue weighted by Crippen LogP contribution is 2.31. The molecule has 1 amide bonds. The highest BCUT2D eigenvalue weighted by Gasteiger charge is 2.29. The van der Waals surface area contributed by atoms with E-state index in [-0.39, 0.29) is 17.6 Å². The van der Waals surface area contributed by atoms with Crippen molar-refractivity contribution in [1.29, 1.82) is 0 Å². The molecule has 1 aliphatic rings. The van der Waals surface area contributed by atoms with Crippen LogP contribution in [0.3, 0.4) is 0 Å². The molecular formula is C26H26FN7O. The Morgan fingerprint density at radius 2 is 2.09 bits per heavy atom. The molecule has 8 nitrogen and oxygen atoms in total. The van der Waals surface area contributed by atoms with Crippen molar-refractivity contribution in [2.75, 3.05) is 20.1 Å². The molecule has 4 aromatic rings. The van der Waals surface area contributed by atoms with E-state index in [9.17, 15) is 9.18 Å². The number of halogens is 1. The molecule has 0 spiro atoms. The van der Waals surface area contributed by atoms with Crippen molar-refractivity contribution in [1.82, 2.24) is 29.5 Å². The highest BCUT2D eigenvalue weighted by molar-refractivity contribution is 5.95. The van der Waals surface area contributed by atoms with Crippen molar-refractivity contribution in [3.8, 4) is 17.1 Å². The zero-order valence-electron chi connectivity index (χ0n) is 19.9. The van der Waals surface area contributed by atoms with E-state index in [1.165, 1.54) is 12.1 Å². The zero-order valence-corrected chi connectivity index (χ0v) is 19.9.